The summed E-state index contributed by atoms with van der Waals surface area (Å²) < 4.78 is 5.03. The van der Waals surface area contributed by atoms with E-state index in [0.29, 0.717) is 10.7 Å². The first-order chi connectivity index (χ1) is 10.5. The Hall–Kier alpha value is -1.85. The standard InChI is InChI=1S/C16H18ClN3O2/c1-10-9-14(22-19-10)16(21)18-13-7-8-20(2)15(13)11-3-5-12(17)6-4-11/h3-6,9,13,15H,7-8H2,1-2H3,(H,18,21)/t13-,15+/m1/s1. The Morgan fingerprint density at radius 3 is 2.77 bits per heavy atom. The van der Waals surface area contributed by atoms with E-state index >= 15 is 0 Å². The largest absolute Gasteiger partial charge is 0.351 e. The highest BCUT2D eigenvalue weighted by Gasteiger charge is 2.34. The van der Waals surface area contributed by atoms with Crippen molar-refractivity contribution in [2.75, 3.05) is 13.6 Å². The maximum atomic E-state index is 12.3. The van der Waals surface area contributed by atoms with Crippen LogP contribution in [0.25, 0.3) is 0 Å². The lowest BCUT2D eigenvalue weighted by Crippen LogP contribution is -2.38. The van der Waals surface area contributed by atoms with Gasteiger partial charge in [-0.3, -0.25) is 9.69 Å². The number of carbonyl (C=O) groups excluding carboxylic acids is 1. The molecule has 0 saturated carbocycles. The number of hydrogen-bond donors (Lipinski definition) is 1. The van der Waals surface area contributed by atoms with Gasteiger partial charge in [0.1, 0.15) is 0 Å². The Morgan fingerprint density at radius 1 is 1.41 bits per heavy atom. The van der Waals surface area contributed by atoms with E-state index in [0.717, 1.165) is 18.5 Å². The van der Waals surface area contributed by atoms with Gasteiger partial charge in [0.25, 0.3) is 5.91 Å². The van der Waals surface area contributed by atoms with Gasteiger partial charge in [-0.25, -0.2) is 0 Å². The number of nitrogens with zero attached hydrogens (tertiary/aromatic N) is 2. The van der Waals surface area contributed by atoms with E-state index in [-0.39, 0.29) is 23.8 Å². The molecule has 3 rings (SSSR count). The van der Waals surface area contributed by atoms with E-state index in [1.165, 1.54) is 0 Å². The third kappa shape index (κ3) is 3.00. The highest BCUT2D eigenvalue weighted by Crippen LogP contribution is 2.31. The molecule has 1 fully saturated rings. The SMILES string of the molecule is Cc1cc(C(=O)N[C@@H]2CCN(C)[C@H]2c2ccc(Cl)cc2)on1. The highest BCUT2D eigenvalue weighted by atomic mass is 35.5. The minimum Gasteiger partial charge on any atom is -0.351 e. The molecule has 1 aromatic heterocycles. The van der Waals surface area contributed by atoms with Crippen molar-refractivity contribution in [2.45, 2.75) is 25.4 Å². The lowest BCUT2D eigenvalue weighted by Gasteiger charge is -2.26. The third-order valence-corrected chi connectivity index (χ3v) is 4.28. The topological polar surface area (TPSA) is 58.4 Å². The summed E-state index contributed by atoms with van der Waals surface area (Å²) in [5, 5.41) is 7.52. The number of amides is 1. The second-order valence-electron chi connectivity index (χ2n) is 5.68. The summed E-state index contributed by atoms with van der Waals surface area (Å²) >= 11 is 5.96. The zero-order chi connectivity index (χ0) is 15.7. The van der Waals surface area contributed by atoms with Gasteiger partial charge in [0.05, 0.1) is 17.8 Å². The number of nitrogens with one attached hydrogen (secondary N) is 1. The number of hydrogen-bond acceptors (Lipinski definition) is 4. The number of likely N-dealkylation sites (N-methyl/N-ethyl adjacent to an activating group) is 1. The second kappa shape index (κ2) is 6.10. The molecule has 2 aromatic rings. The van der Waals surface area contributed by atoms with Crippen LogP contribution in [0.2, 0.25) is 5.02 Å². The summed E-state index contributed by atoms with van der Waals surface area (Å²) in [6, 6.07) is 9.57. The van der Waals surface area contributed by atoms with Gasteiger partial charge in [-0.15, -0.1) is 0 Å². The molecule has 2 heterocycles. The van der Waals surface area contributed by atoms with E-state index < -0.39 is 0 Å². The minimum absolute atomic E-state index is 0.0316. The molecule has 0 bridgehead atoms. The number of likely N-dealkylation sites (tertiary alicyclic amines) is 1. The summed E-state index contributed by atoms with van der Waals surface area (Å²) in [5.74, 6) is 0.0294. The molecular weight excluding hydrogens is 302 g/mol. The highest BCUT2D eigenvalue weighted by molar-refractivity contribution is 6.30. The minimum atomic E-state index is -0.222. The van der Waals surface area contributed by atoms with E-state index in [9.17, 15) is 4.79 Å². The van der Waals surface area contributed by atoms with Gasteiger partial charge in [0, 0.05) is 17.6 Å². The fourth-order valence-electron chi connectivity index (χ4n) is 2.95. The van der Waals surface area contributed by atoms with Crippen LogP contribution in [0.1, 0.15) is 34.3 Å². The fraction of sp³-hybridized carbons (Fsp3) is 0.375. The van der Waals surface area contributed by atoms with Crippen molar-refractivity contribution in [1.29, 1.82) is 0 Å². The molecule has 1 aromatic carbocycles. The number of benzene rings is 1. The lowest BCUT2D eigenvalue weighted by atomic mass is 10.00. The normalized spacial score (nSPS) is 22.0. The first kappa shape index (κ1) is 15.1. The molecule has 0 spiro atoms. The molecule has 1 aliphatic rings. The number of aryl methyl sites for hydroxylation is 1. The summed E-state index contributed by atoms with van der Waals surface area (Å²) in [5.41, 5.74) is 1.84. The molecular formula is C16H18ClN3O2. The molecule has 0 aliphatic carbocycles. The molecule has 1 amide bonds. The number of aromatic nitrogens is 1. The van der Waals surface area contributed by atoms with E-state index in [2.05, 4.69) is 22.4 Å². The van der Waals surface area contributed by atoms with Crippen LogP contribution in [0, 0.1) is 6.92 Å². The van der Waals surface area contributed by atoms with Gasteiger partial charge in [-0.2, -0.15) is 0 Å². The molecule has 1 saturated heterocycles. The van der Waals surface area contributed by atoms with Gasteiger partial charge in [-0.1, -0.05) is 28.9 Å². The predicted molar refractivity (Wildman–Crippen MR) is 83.9 cm³/mol. The maximum absolute atomic E-state index is 12.3. The maximum Gasteiger partial charge on any atom is 0.290 e. The van der Waals surface area contributed by atoms with Crippen molar-refractivity contribution in [3.8, 4) is 0 Å². The summed E-state index contributed by atoms with van der Waals surface area (Å²) in [6.45, 7) is 2.72. The van der Waals surface area contributed by atoms with Crippen molar-refractivity contribution >= 4 is 17.5 Å². The Balaban J connectivity index is 1.77. The predicted octanol–water partition coefficient (Wildman–Crippen LogP) is 2.81. The van der Waals surface area contributed by atoms with Crippen LogP contribution in [0.4, 0.5) is 0 Å². The van der Waals surface area contributed by atoms with Gasteiger partial charge in [0.2, 0.25) is 5.76 Å². The first-order valence-corrected chi connectivity index (χ1v) is 7.62. The van der Waals surface area contributed by atoms with E-state index in [1.807, 2.05) is 24.3 Å². The van der Waals surface area contributed by atoms with Crippen LogP contribution in [0.15, 0.2) is 34.9 Å². The van der Waals surface area contributed by atoms with Crippen molar-refractivity contribution in [3.63, 3.8) is 0 Å². The van der Waals surface area contributed by atoms with Crippen LogP contribution < -0.4 is 5.32 Å². The Kier molecular flexibility index (Phi) is 4.18. The Morgan fingerprint density at radius 2 is 2.14 bits per heavy atom. The summed E-state index contributed by atoms with van der Waals surface area (Å²) in [7, 11) is 2.06. The number of carbonyl (C=O) groups is 1. The molecule has 0 radical (unpaired) electrons. The first-order valence-electron chi connectivity index (χ1n) is 7.24. The van der Waals surface area contributed by atoms with Crippen molar-refractivity contribution in [1.82, 2.24) is 15.4 Å². The van der Waals surface area contributed by atoms with Crippen LogP contribution in [-0.4, -0.2) is 35.6 Å². The molecule has 1 aliphatic heterocycles. The molecule has 22 heavy (non-hydrogen) atoms. The lowest BCUT2D eigenvalue weighted by molar-refractivity contribution is 0.0890. The monoisotopic (exact) mass is 319 g/mol. The average molecular weight is 320 g/mol. The van der Waals surface area contributed by atoms with Crippen LogP contribution >= 0.6 is 11.6 Å². The fourth-order valence-corrected chi connectivity index (χ4v) is 3.08. The van der Waals surface area contributed by atoms with Crippen molar-refractivity contribution in [3.05, 3.63) is 52.4 Å². The molecule has 6 heteroatoms. The third-order valence-electron chi connectivity index (χ3n) is 4.03. The summed E-state index contributed by atoms with van der Waals surface area (Å²) in [4.78, 5) is 14.5. The molecule has 2 atom stereocenters. The smallest absolute Gasteiger partial charge is 0.290 e. The average Bonchev–Trinajstić information content (AvgIpc) is 3.07. The van der Waals surface area contributed by atoms with E-state index in [4.69, 9.17) is 16.1 Å². The molecule has 0 unspecified atom stereocenters. The van der Waals surface area contributed by atoms with Gasteiger partial charge >= 0.3 is 0 Å². The van der Waals surface area contributed by atoms with Crippen LogP contribution in [0.3, 0.4) is 0 Å². The van der Waals surface area contributed by atoms with Gasteiger partial charge in [0.15, 0.2) is 0 Å². The Labute approximate surface area is 134 Å². The zero-order valence-corrected chi connectivity index (χ0v) is 13.3. The Bertz CT molecular complexity index is 668. The number of halogens is 1. The van der Waals surface area contributed by atoms with Crippen LogP contribution in [0.5, 0.6) is 0 Å². The molecule has 1 N–H and O–H groups in total. The van der Waals surface area contributed by atoms with Crippen LogP contribution in [-0.2, 0) is 0 Å². The number of rotatable bonds is 3. The van der Waals surface area contributed by atoms with Gasteiger partial charge < -0.3 is 9.84 Å². The summed E-state index contributed by atoms with van der Waals surface area (Å²) in [6.07, 6.45) is 0.892. The molecule has 116 valence electrons. The molecule has 5 nitrogen and oxygen atoms in total. The zero-order valence-electron chi connectivity index (χ0n) is 12.5. The van der Waals surface area contributed by atoms with Crippen molar-refractivity contribution in [2.24, 2.45) is 0 Å². The van der Waals surface area contributed by atoms with Crippen molar-refractivity contribution < 1.29 is 9.32 Å². The quantitative estimate of drug-likeness (QED) is 0.945. The van der Waals surface area contributed by atoms with E-state index in [1.54, 1.807) is 13.0 Å². The second-order valence-corrected chi connectivity index (χ2v) is 6.11. The van der Waals surface area contributed by atoms with Gasteiger partial charge in [-0.05, 0) is 38.1 Å².